The summed E-state index contributed by atoms with van der Waals surface area (Å²) in [5.74, 6) is -1.03. The van der Waals surface area contributed by atoms with Crippen LogP contribution in [0.15, 0.2) is 24.3 Å². The molecule has 0 bridgehead atoms. The Balaban J connectivity index is 2.16. The van der Waals surface area contributed by atoms with Gasteiger partial charge in [0.05, 0.1) is 13.0 Å². The first-order valence-corrected chi connectivity index (χ1v) is 8.06. The molecule has 1 fully saturated rings. The Morgan fingerprint density at radius 1 is 1.29 bits per heavy atom. The maximum atomic E-state index is 12.2. The van der Waals surface area contributed by atoms with Crippen molar-refractivity contribution >= 4 is 12.1 Å². The Labute approximate surface area is 142 Å². The zero-order chi connectivity index (χ0) is 17.9. The molecule has 6 nitrogen and oxygen atoms in total. The number of aliphatic carboxylic acids is 1. The first-order valence-electron chi connectivity index (χ1n) is 8.06. The SMILES string of the molecule is COc1cccc([C@@H]2CCN(C(=O)OC(C)(C)C)C[C@H]2C(=O)O)c1. The van der Waals surface area contributed by atoms with Crippen LogP contribution in [0.5, 0.6) is 5.75 Å². The molecule has 0 aliphatic carbocycles. The maximum Gasteiger partial charge on any atom is 0.410 e. The number of nitrogens with zero attached hydrogens (tertiary/aromatic N) is 1. The zero-order valence-corrected chi connectivity index (χ0v) is 14.6. The van der Waals surface area contributed by atoms with E-state index in [1.807, 2.05) is 24.3 Å². The number of hydrogen-bond acceptors (Lipinski definition) is 4. The van der Waals surface area contributed by atoms with Gasteiger partial charge in [0, 0.05) is 19.0 Å². The highest BCUT2D eigenvalue weighted by molar-refractivity contribution is 5.74. The molecule has 0 spiro atoms. The van der Waals surface area contributed by atoms with Gasteiger partial charge in [0.1, 0.15) is 11.4 Å². The van der Waals surface area contributed by atoms with Gasteiger partial charge in [0.25, 0.3) is 0 Å². The number of amides is 1. The number of benzene rings is 1. The molecule has 0 aromatic heterocycles. The topological polar surface area (TPSA) is 76.1 Å². The molecule has 1 aliphatic heterocycles. The number of piperidine rings is 1. The lowest BCUT2D eigenvalue weighted by Crippen LogP contribution is -2.47. The summed E-state index contributed by atoms with van der Waals surface area (Å²) in [6.07, 6.45) is 0.112. The molecule has 1 aromatic rings. The minimum Gasteiger partial charge on any atom is -0.497 e. The second-order valence-corrected chi connectivity index (χ2v) is 7.04. The highest BCUT2D eigenvalue weighted by Crippen LogP contribution is 2.35. The predicted molar refractivity (Wildman–Crippen MR) is 89.3 cm³/mol. The number of carboxylic acid groups (broad SMARTS) is 1. The van der Waals surface area contributed by atoms with E-state index in [0.29, 0.717) is 18.7 Å². The molecular formula is C18H25NO5. The summed E-state index contributed by atoms with van der Waals surface area (Å²) in [6.45, 7) is 6.00. The quantitative estimate of drug-likeness (QED) is 0.918. The Morgan fingerprint density at radius 2 is 2.00 bits per heavy atom. The molecule has 0 radical (unpaired) electrons. The number of ether oxygens (including phenoxy) is 2. The molecule has 1 heterocycles. The van der Waals surface area contributed by atoms with E-state index in [-0.39, 0.29) is 12.5 Å². The summed E-state index contributed by atoms with van der Waals surface area (Å²) in [5, 5.41) is 9.62. The zero-order valence-electron chi connectivity index (χ0n) is 14.6. The molecular weight excluding hydrogens is 310 g/mol. The van der Waals surface area contributed by atoms with E-state index in [4.69, 9.17) is 9.47 Å². The second kappa shape index (κ2) is 7.11. The van der Waals surface area contributed by atoms with Crippen molar-refractivity contribution in [1.82, 2.24) is 4.90 Å². The fourth-order valence-corrected chi connectivity index (χ4v) is 2.97. The van der Waals surface area contributed by atoms with Crippen LogP contribution in [-0.2, 0) is 9.53 Å². The number of rotatable bonds is 3. The largest absolute Gasteiger partial charge is 0.497 e. The normalized spacial score (nSPS) is 21.2. The number of carbonyl (C=O) groups is 2. The smallest absolute Gasteiger partial charge is 0.410 e. The van der Waals surface area contributed by atoms with Gasteiger partial charge < -0.3 is 19.5 Å². The molecule has 132 valence electrons. The summed E-state index contributed by atoms with van der Waals surface area (Å²) in [7, 11) is 1.58. The number of carbonyl (C=O) groups excluding carboxylic acids is 1. The van der Waals surface area contributed by atoms with Gasteiger partial charge in [-0.1, -0.05) is 12.1 Å². The number of likely N-dealkylation sites (tertiary alicyclic amines) is 1. The van der Waals surface area contributed by atoms with Gasteiger partial charge in [0.2, 0.25) is 0 Å². The standard InChI is InChI=1S/C18H25NO5/c1-18(2,3)24-17(22)19-9-8-14(15(11-19)16(20)21)12-6-5-7-13(10-12)23-4/h5-7,10,14-15H,8-9,11H2,1-4H3,(H,20,21)/t14-,15+/m0/s1. The van der Waals surface area contributed by atoms with Gasteiger partial charge in [-0.2, -0.15) is 0 Å². The second-order valence-electron chi connectivity index (χ2n) is 7.04. The summed E-state index contributed by atoms with van der Waals surface area (Å²) < 4.78 is 10.6. The minimum absolute atomic E-state index is 0.145. The van der Waals surface area contributed by atoms with Gasteiger partial charge in [-0.15, -0.1) is 0 Å². The monoisotopic (exact) mass is 335 g/mol. The summed E-state index contributed by atoms with van der Waals surface area (Å²) in [4.78, 5) is 25.4. The van der Waals surface area contributed by atoms with Crippen molar-refractivity contribution in [2.75, 3.05) is 20.2 Å². The first kappa shape index (κ1) is 18.1. The fourth-order valence-electron chi connectivity index (χ4n) is 2.97. The molecule has 1 saturated heterocycles. The molecule has 24 heavy (non-hydrogen) atoms. The highest BCUT2D eigenvalue weighted by Gasteiger charge is 2.38. The van der Waals surface area contributed by atoms with Crippen molar-refractivity contribution in [2.45, 2.75) is 38.7 Å². The van der Waals surface area contributed by atoms with Crippen molar-refractivity contribution in [1.29, 1.82) is 0 Å². The van der Waals surface area contributed by atoms with Gasteiger partial charge in [-0.25, -0.2) is 4.79 Å². The van der Waals surface area contributed by atoms with Crippen LogP contribution in [0.1, 0.15) is 38.7 Å². The van der Waals surface area contributed by atoms with E-state index in [0.717, 1.165) is 5.56 Å². The molecule has 1 aromatic carbocycles. The van der Waals surface area contributed by atoms with E-state index >= 15 is 0 Å². The van der Waals surface area contributed by atoms with Crippen LogP contribution in [0.3, 0.4) is 0 Å². The summed E-state index contributed by atoms with van der Waals surface area (Å²) >= 11 is 0. The Morgan fingerprint density at radius 3 is 2.58 bits per heavy atom. The van der Waals surface area contributed by atoms with E-state index < -0.39 is 23.6 Å². The molecule has 2 atom stereocenters. The van der Waals surface area contributed by atoms with Crippen molar-refractivity contribution in [2.24, 2.45) is 5.92 Å². The lowest BCUT2D eigenvalue weighted by molar-refractivity contribution is -0.144. The van der Waals surface area contributed by atoms with Gasteiger partial charge in [-0.3, -0.25) is 4.79 Å². The third-order valence-corrected chi connectivity index (χ3v) is 4.10. The average molecular weight is 335 g/mol. The first-order chi connectivity index (χ1) is 11.2. The van der Waals surface area contributed by atoms with Crippen LogP contribution >= 0.6 is 0 Å². The Kier molecular flexibility index (Phi) is 5.36. The molecule has 0 saturated carbocycles. The van der Waals surface area contributed by atoms with Crippen LogP contribution in [-0.4, -0.2) is 47.9 Å². The highest BCUT2D eigenvalue weighted by atomic mass is 16.6. The minimum atomic E-state index is -0.906. The van der Waals surface area contributed by atoms with Crippen LogP contribution in [0.4, 0.5) is 4.79 Å². The molecule has 0 unspecified atom stereocenters. The van der Waals surface area contributed by atoms with Crippen molar-refractivity contribution in [3.8, 4) is 5.75 Å². The molecule has 1 aliphatic rings. The van der Waals surface area contributed by atoms with Gasteiger partial charge >= 0.3 is 12.1 Å². The third-order valence-electron chi connectivity index (χ3n) is 4.10. The Hall–Kier alpha value is -2.24. The van der Waals surface area contributed by atoms with Crippen molar-refractivity contribution < 1.29 is 24.2 Å². The molecule has 2 rings (SSSR count). The van der Waals surface area contributed by atoms with Crippen molar-refractivity contribution in [3.63, 3.8) is 0 Å². The number of hydrogen-bond donors (Lipinski definition) is 1. The average Bonchev–Trinajstić information content (AvgIpc) is 2.52. The Bertz CT molecular complexity index is 608. The van der Waals surface area contributed by atoms with E-state index in [1.165, 1.54) is 4.90 Å². The number of methoxy groups -OCH3 is 1. The fraction of sp³-hybridized carbons (Fsp3) is 0.556. The van der Waals surface area contributed by atoms with Crippen LogP contribution < -0.4 is 4.74 Å². The lowest BCUT2D eigenvalue weighted by atomic mass is 9.80. The summed E-state index contributed by atoms with van der Waals surface area (Å²) in [5.41, 5.74) is 0.324. The van der Waals surface area contributed by atoms with Crippen LogP contribution in [0.25, 0.3) is 0 Å². The van der Waals surface area contributed by atoms with E-state index in [2.05, 4.69) is 0 Å². The van der Waals surface area contributed by atoms with Gasteiger partial charge in [-0.05, 0) is 44.9 Å². The van der Waals surface area contributed by atoms with Crippen molar-refractivity contribution in [3.05, 3.63) is 29.8 Å². The maximum absolute atomic E-state index is 12.2. The predicted octanol–water partition coefficient (Wildman–Crippen LogP) is 3.12. The lowest BCUT2D eigenvalue weighted by Gasteiger charge is -2.37. The van der Waals surface area contributed by atoms with E-state index in [1.54, 1.807) is 27.9 Å². The third kappa shape index (κ3) is 4.40. The van der Waals surface area contributed by atoms with Crippen LogP contribution in [0.2, 0.25) is 0 Å². The van der Waals surface area contributed by atoms with E-state index in [9.17, 15) is 14.7 Å². The van der Waals surface area contributed by atoms with Gasteiger partial charge in [0.15, 0.2) is 0 Å². The van der Waals surface area contributed by atoms with Crippen LogP contribution in [0, 0.1) is 5.92 Å². The summed E-state index contributed by atoms with van der Waals surface area (Å²) in [6, 6.07) is 7.46. The molecule has 6 heteroatoms. The molecule has 1 N–H and O–H groups in total. The number of carboxylic acids is 1. The molecule has 1 amide bonds.